The topological polar surface area (TPSA) is 64.4 Å². The monoisotopic (exact) mass is 322 g/mol. The lowest BCUT2D eigenvalue weighted by atomic mass is 10.1. The van der Waals surface area contributed by atoms with E-state index in [0.29, 0.717) is 24.1 Å². The standard InChI is InChI=1S/C20H22N2O2/c21-18-14-16(7-11-20(23)22-17-8-9-17)6-10-19(18)24-13-12-15-4-2-1-3-5-15/h1-7,10-11,14,17H,8-9,12-13,21H2,(H,22,23)/b11-7-. The average Bonchev–Trinajstić information content (AvgIpc) is 3.40. The van der Waals surface area contributed by atoms with E-state index in [4.69, 9.17) is 10.5 Å². The Kier molecular flexibility index (Phi) is 5.16. The van der Waals surface area contributed by atoms with Crippen LogP contribution in [0, 0.1) is 0 Å². The van der Waals surface area contributed by atoms with E-state index in [1.165, 1.54) is 5.56 Å². The summed E-state index contributed by atoms with van der Waals surface area (Å²) in [7, 11) is 0. The molecule has 0 aliphatic heterocycles. The molecule has 3 rings (SSSR count). The third-order valence-corrected chi connectivity index (χ3v) is 3.88. The normalized spacial score (nSPS) is 13.8. The van der Waals surface area contributed by atoms with E-state index < -0.39 is 0 Å². The Balaban J connectivity index is 1.52. The van der Waals surface area contributed by atoms with Crippen molar-refractivity contribution in [1.82, 2.24) is 5.32 Å². The second-order valence-electron chi connectivity index (χ2n) is 6.00. The summed E-state index contributed by atoms with van der Waals surface area (Å²) in [4.78, 5) is 11.6. The van der Waals surface area contributed by atoms with Crippen LogP contribution in [-0.2, 0) is 11.2 Å². The molecule has 0 spiro atoms. The number of ether oxygens (including phenoxy) is 1. The summed E-state index contributed by atoms with van der Waals surface area (Å²) < 4.78 is 5.75. The predicted molar refractivity (Wildman–Crippen MR) is 96.7 cm³/mol. The zero-order chi connectivity index (χ0) is 16.8. The first-order valence-corrected chi connectivity index (χ1v) is 8.25. The molecule has 3 N–H and O–H groups in total. The van der Waals surface area contributed by atoms with E-state index in [1.807, 2.05) is 36.4 Å². The molecule has 0 radical (unpaired) electrons. The molecule has 1 aliphatic rings. The maximum absolute atomic E-state index is 11.6. The van der Waals surface area contributed by atoms with Crippen LogP contribution < -0.4 is 15.8 Å². The first-order valence-electron chi connectivity index (χ1n) is 8.25. The van der Waals surface area contributed by atoms with Crippen molar-refractivity contribution < 1.29 is 9.53 Å². The average molecular weight is 322 g/mol. The molecular formula is C20H22N2O2. The number of benzene rings is 2. The van der Waals surface area contributed by atoms with Gasteiger partial charge in [-0.3, -0.25) is 4.79 Å². The number of nitrogens with two attached hydrogens (primary N) is 1. The third-order valence-electron chi connectivity index (χ3n) is 3.88. The molecule has 1 saturated carbocycles. The van der Waals surface area contributed by atoms with Crippen molar-refractivity contribution in [2.45, 2.75) is 25.3 Å². The van der Waals surface area contributed by atoms with Gasteiger partial charge in [-0.1, -0.05) is 36.4 Å². The van der Waals surface area contributed by atoms with E-state index in [0.717, 1.165) is 24.8 Å². The molecule has 0 saturated heterocycles. The Morgan fingerprint density at radius 1 is 1.21 bits per heavy atom. The molecule has 4 nitrogen and oxygen atoms in total. The lowest BCUT2D eigenvalue weighted by Gasteiger charge is -2.09. The van der Waals surface area contributed by atoms with Gasteiger partial charge >= 0.3 is 0 Å². The van der Waals surface area contributed by atoms with E-state index in [9.17, 15) is 4.79 Å². The highest BCUT2D eigenvalue weighted by Crippen LogP contribution is 2.23. The van der Waals surface area contributed by atoms with Crippen LogP contribution in [0.1, 0.15) is 24.0 Å². The summed E-state index contributed by atoms with van der Waals surface area (Å²) in [5.41, 5.74) is 8.73. The van der Waals surface area contributed by atoms with Gasteiger partial charge in [0, 0.05) is 18.5 Å². The number of nitrogen functional groups attached to an aromatic ring is 1. The first kappa shape index (κ1) is 16.1. The Bertz CT molecular complexity index is 722. The molecule has 124 valence electrons. The van der Waals surface area contributed by atoms with Crippen LogP contribution in [0.3, 0.4) is 0 Å². The number of carbonyl (C=O) groups excluding carboxylic acids is 1. The van der Waals surface area contributed by atoms with Crippen molar-refractivity contribution in [2.75, 3.05) is 12.3 Å². The van der Waals surface area contributed by atoms with Crippen molar-refractivity contribution >= 4 is 17.7 Å². The summed E-state index contributed by atoms with van der Waals surface area (Å²) in [6.45, 7) is 0.577. The molecule has 2 aromatic rings. The zero-order valence-electron chi connectivity index (χ0n) is 13.6. The van der Waals surface area contributed by atoms with Gasteiger partial charge in [0.15, 0.2) is 0 Å². The van der Waals surface area contributed by atoms with Gasteiger partial charge in [0.1, 0.15) is 5.75 Å². The van der Waals surface area contributed by atoms with Crippen LogP contribution in [0.15, 0.2) is 54.6 Å². The molecule has 1 aliphatic carbocycles. The smallest absolute Gasteiger partial charge is 0.244 e. The highest BCUT2D eigenvalue weighted by atomic mass is 16.5. The fourth-order valence-corrected chi connectivity index (χ4v) is 2.37. The van der Waals surface area contributed by atoms with Crippen LogP contribution in [0.4, 0.5) is 5.69 Å². The fourth-order valence-electron chi connectivity index (χ4n) is 2.37. The summed E-state index contributed by atoms with van der Waals surface area (Å²) in [6, 6.07) is 16.1. The zero-order valence-corrected chi connectivity index (χ0v) is 13.6. The number of anilines is 1. The van der Waals surface area contributed by atoms with Gasteiger partial charge in [0.05, 0.1) is 12.3 Å². The number of amides is 1. The maximum atomic E-state index is 11.6. The van der Waals surface area contributed by atoms with Gasteiger partial charge in [-0.25, -0.2) is 0 Å². The van der Waals surface area contributed by atoms with Crippen molar-refractivity contribution in [3.63, 3.8) is 0 Å². The van der Waals surface area contributed by atoms with Gasteiger partial charge in [-0.15, -0.1) is 0 Å². The minimum atomic E-state index is -0.0562. The van der Waals surface area contributed by atoms with E-state index in [1.54, 1.807) is 12.2 Å². The number of nitrogens with one attached hydrogen (secondary N) is 1. The fraction of sp³-hybridized carbons (Fsp3) is 0.250. The Morgan fingerprint density at radius 2 is 2.00 bits per heavy atom. The molecule has 24 heavy (non-hydrogen) atoms. The maximum Gasteiger partial charge on any atom is 0.244 e. The van der Waals surface area contributed by atoms with Crippen molar-refractivity contribution in [3.8, 4) is 5.75 Å². The Labute approximate surface area is 142 Å². The van der Waals surface area contributed by atoms with Crippen LogP contribution in [-0.4, -0.2) is 18.6 Å². The second-order valence-corrected chi connectivity index (χ2v) is 6.00. The molecule has 0 heterocycles. The number of carbonyl (C=O) groups is 1. The van der Waals surface area contributed by atoms with E-state index in [2.05, 4.69) is 17.4 Å². The molecule has 0 unspecified atom stereocenters. The highest BCUT2D eigenvalue weighted by Gasteiger charge is 2.21. The molecule has 1 amide bonds. The molecule has 4 heteroatoms. The molecule has 1 fully saturated rings. The van der Waals surface area contributed by atoms with Crippen molar-refractivity contribution in [3.05, 3.63) is 65.7 Å². The van der Waals surface area contributed by atoms with Crippen LogP contribution >= 0.6 is 0 Å². The van der Waals surface area contributed by atoms with Crippen LogP contribution in [0.5, 0.6) is 5.75 Å². The minimum absolute atomic E-state index is 0.0562. The quantitative estimate of drug-likeness (QED) is 0.608. The summed E-state index contributed by atoms with van der Waals surface area (Å²) in [5, 5.41) is 2.91. The van der Waals surface area contributed by atoms with Crippen molar-refractivity contribution in [1.29, 1.82) is 0 Å². The Morgan fingerprint density at radius 3 is 2.71 bits per heavy atom. The van der Waals surface area contributed by atoms with Gasteiger partial charge in [0.25, 0.3) is 0 Å². The third kappa shape index (κ3) is 4.88. The molecule has 0 bridgehead atoms. The molecule has 2 aromatic carbocycles. The first-order chi connectivity index (χ1) is 11.7. The van der Waals surface area contributed by atoms with E-state index >= 15 is 0 Å². The van der Waals surface area contributed by atoms with Gasteiger partial charge in [-0.05, 0) is 42.2 Å². The minimum Gasteiger partial charge on any atom is -0.491 e. The lowest BCUT2D eigenvalue weighted by molar-refractivity contribution is -0.116. The van der Waals surface area contributed by atoms with E-state index in [-0.39, 0.29) is 5.91 Å². The summed E-state index contributed by atoms with van der Waals surface area (Å²) >= 11 is 0. The predicted octanol–water partition coefficient (Wildman–Crippen LogP) is 3.18. The largest absolute Gasteiger partial charge is 0.491 e. The van der Waals surface area contributed by atoms with Gasteiger partial charge in [-0.2, -0.15) is 0 Å². The SMILES string of the molecule is Nc1cc(/C=C\C(=O)NC2CC2)ccc1OCCc1ccccc1. The lowest BCUT2D eigenvalue weighted by Crippen LogP contribution is -2.22. The number of hydrogen-bond acceptors (Lipinski definition) is 3. The van der Waals surface area contributed by atoms with Crippen molar-refractivity contribution in [2.24, 2.45) is 0 Å². The van der Waals surface area contributed by atoms with Gasteiger partial charge < -0.3 is 15.8 Å². The number of hydrogen-bond donors (Lipinski definition) is 2. The molecule has 0 atom stereocenters. The highest BCUT2D eigenvalue weighted by molar-refractivity contribution is 5.92. The number of rotatable bonds is 7. The second kappa shape index (κ2) is 7.68. The van der Waals surface area contributed by atoms with Crippen LogP contribution in [0.25, 0.3) is 6.08 Å². The van der Waals surface area contributed by atoms with Gasteiger partial charge in [0.2, 0.25) is 5.91 Å². The van der Waals surface area contributed by atoms with Crippen LogP contribution in [0.2, 0.25) is 0 Å². The Hall–Kier alpha value is -2.75. The summed E-state index contributed by atoms with van der Waals surface area (Å²) in [5.74, 6) is 0.616. The molecular weight excluding hydrogens is 300 g/mol. The summed E-state index contributed by atoms with van der Waals surface area (Å²) in [6.07, 6.45) is 6.32. The molecule has 0 aromatic heterocycles.